The van der Waals surface area contributed by atoms with Gasteiger partial charge in [0, 0.05) is 0 Å². The fourth-order valence-electron chi connectivity index (χ4n) is 4.66. The Morgan fingerprint density at radius 3 is 1.67 bits per heavy atom. The van der Waals surface area contributed by atoms with Crippen LogP contribution in [0.3, 0.4) is 0 Å². The molecule has 2 aliphatic heterocycles. The molecule has 102 valence electrons. The van der Waals surface area contributed by atoms with Crippen LogP contribution in [0.25, 0.3) is 0 Å². The minimum Gasteiger partial charge on any atom is -0.393 e. The summed E-state index contributed by atoms with van der Waals surface area (Å²) in [5.74, 6) is 1.06. The average molecular weight is 254 g/mol. The van der Waals surface area contributed by atoms with Gasteiger partial charge in [-0.2, -0.15) is 0 Å². The van der Waals surface area contributed by atoms with E-state index in [2.05, 4.69) is 0 Å². The first-order valence-corrected chi connectivity index (χ1v) is 7.32. The Morgan fingerprint density at radius 1 is 0.833 bits per heavy atom. The Hall–Kier alpha value is -0.160. The summed E-state index contributed by atoms with van der Waals surface area (Å²) in [6, 6.07) is 0. The lowest BCUT2D eigenvalue weighted by Crippen LogP contribution is -2.39. The molecule has 0 radical (unpaired) electrons. The van der Waals surface area contributed by atoms with Gasteiger partial charge in [-0.25, -0.2) is 0 Å². The van der Waals surface area contributed by atoms with E-state index < -0.39 is 0 Å². The van der Waals surface area contributed by atoms with Crippen molar-refractivity contribution in [1.82, 2.24) is 0 Å². The van der Waals surface area contributed by atoms with Gasteiger partial charge in [0.2, 0.25) is 0 Å². The van der Waals surface area contributed by atoms with Crippen LogP contribution in [0.4, 0.5) is 0 Å². The van der Waals surface area contributed by atoms with Crippen LogP contribution in [0.1, 0.15) is 38.5 Å². The Bertz CT molecular complexity index is 326. The largest absolute Gasteiger partial charge is 0.393 e. The molecule has 4 rings (SSSR count). The van der Waals surface area contributed by atoms with E-state index in [-0.39, 0.29) is 36.6 Å². The second-order valence-corrected chi connectivity index (χ2v) is 6.63. The van der Waals surface area contributed by atoms with Crippen LogP contribution >= 0.6 is 0 Å². The third kappa shape index (κ3) is 1.40. The van der Waals surface area contributed by atoms with Crippen molar-refractivity contribution in [2.75, 3.05) is 13.2 Å². The lowest BCUT2D eigenvalue weighted by molar-refractivity contribution is 0.150. The monoisotopic (exact) mass is 254 g/mol. The van der Waals surface area contributed by atoms with Crippen molar-refractivity contribution in [1.29, 1.82) is 0 Å². The van der Waals surface area contributed by atoms with E-state index in [1.54, 1.807) is 0 Å². The van der Waals surface area contributed by atoms with Gasteiger partial charge in [-0.3, -0.25) is 0 Å². The van der Waals surface area contributed by atoms with Crippen molar-refractivity contribution >= 4 is 0 Å². The highest BCUT2D eigenvalue weighted by Crippen LogP contribution is 2.59. The summed E-state index contributed by atoms with van der Waals surface area (Å²) in [6.07, 6.45) is 7.20. The van der Waals surface area contributed by atoms with E-state index in [1.807, 2.05) is 0 Å². The summed E-state index contributed by atoms with van der Waals surface area (Å²) < 4.78 is 11.7. The molecule has 0 aromatic rings. The average Bonchev–Trinajstić information content (AvgIpc) is 3.29. The predicted molar refractivity (Wildman–Crippen MR) is 64.1 cm³/mol. The molecule has 4 nitrogen and oxygen atoms in total. The molecule has 4 fully saturated rings. The molecule has 2 saturated carbocycles. The Morgan fingerprint density at radius 2 is 1.28 bits per heavy atom. The summed E-state index contributed by atoms with van der Waals surface area (Å²) in [5.41, 5.74) is -0.422. The van der Waals surface area contributed by atoms with Gasteiger partial charge < -0.3 is 19.7 Å². The number of rotatable bonds is 3. The topological polar surface area (TPSA) is 65.5 Å². The zero-order chi connectivity index (χ0) is 12.4. The lowest BCUT2D eigenvalue weighted by Gasteiger charge is -2.32. The zero-order valence-corrected chi connectivity index (χ0v) is 10.7. The minimum atomic E-state index is -0.211. The first-order valence-electron chi connectivity index (χ1n) is 7.32. The SMILES string of the molecule is OCC12CCCC(C3CCCC4(CO)OC34)C1O2. The summed E-state index contributed by atoms with van der Waals surface area (Å²) in [6.45, 7) is 0.328. The van der Waals surface area contributed by atoms with Crippen LogP contribution < -0.4 is 0 Å². The number of aliphatic hydroxyl groups excluding tert-OH is 2. The van der Waals surface area contributed by atoms with Crippen molar-refractivity contribution in [2.45, 2.75) is 61.9 Å². The molecule has 2 saturated heterocycles. The molecule has 0 spiro atoms. The summed E-state index contributed by atoms with van der Waals surface area (Å²) in [7, 11) is 0. The Balaban J connectivity index is 1.51. The maximum absolute atomic E-state index is 9.49. The summed E-state index contributed by atoms with van der Waals surface area (Å²) >= 11 is 0. The van der Waals surface area contributed by atoms with Gasteiger partial charge >= 0.3 is 0 Å². The second kappa shape index (κ2) is 3.69. The van der Waals surface area contributed by atoms with Crippen molar-refractivity contribution in [3.63, 3.8) is 0 Å². The van der Waals surface area contributed by atoms with Crippen LogP contribution in [0.15, 0.2) is 0 Å². The number of aliphatic hydroxyl groups is 2. The fraction of sp³-hybridized carbons (Fsp3) is 1.00. The summed E-state index contributed by atoms with van der Waals surface area (Å²) in [5, 5.41) is 19.0. The first kappa shape index (κ1) is 11.6. The Labute approximate surface area is 107 Å². The molecule has 4 heteroatoms. The number of ether oxygens (including phenoxy) is 2. The standard InChI is InChI=1S/C14H22O4/c15-7-13-5-1-3-9(11(13)17-13)10-4-2-6-14(8-16)12(10)18-14/h9-12,15-16H,1-8H2. The highest BCUT2D eigenvalue weighted by Gasteiger charge is 2.68. The normalized spacial score (nSPS) is 57.7. The second-order valence-electron chi connectivity index (χ2n) is 6.63. The molecule has 0 amide bonds. The van der Waals surface area contributed by atoms with E-state index in [0.717, 1.165) is 25.7 Å². The van der Waals surface area contributed by atoms with Gasteiger partial charge in [-0.1, -0.05) is 0 Å². The third-order valence-electron chi connectivity index (χ3n) is 5.78. The predicted octanol–water partition coefficient (Wildman–Crippen LogP) is 0.846. The van der Waals surface area contributed by atoms with Gasteiger partial charge in [0.25, 0.3) is 0 Å². The van der Waals surface area contributed by atoms with E-state index in [9.17, 15) is 10.2 Å². The molecule has 4 aliphatic rings. The van der Waals surface area contributed by atoms with E-state index in [1.165, 1.54) is 12.8 Å². The van der Waals surface area contributed by atoms with Gasteiger partial charge in [0.15, 0.2) is 0 Å². The molecular formula is C14H22O4. The van der Waals surface area contributed by atoms with Crippen LogP contribution in [-0.2, 0) is 9.47 Å². The number of fused-ring (bicyclic) bond motifs is 2. The zero-order valence-electron chi connectivity index (χ0n) is 10.7. The molecule has 6 atom stereocenters. The first-order chi connectivity index (χ1) is 8.75. The minimum absolute atomic E-state index is 0.164. The summed E-state index contributed by atoms with van der Waals surface area (Å²) in [4.78, 5) is 0. The number of hydrogen-bond acceptors (Lipinski definition) is 4. The van der Waals surface area contributed by atoms with Crippen LogP contribution in [0.2, 0.25) is 0 Å². The number of hydrogen-bond donors (Lipinski definition) is 2. The molecule has 0 aromatic carbocycles. The highest BCUT2D eigenvalue weighted by molar-refractivity contribution is 5.16. The van der Waals surface area contributed by atoms with Crippen molar-refractivity contribution in [3.8, 4) is 0 Å². The molecular weight excluding hydrogens is 232 g/mol. The molecule has 2 aliphatic carbocycles. The van der Waals surface area contributed by atoms with E-state index in [0.29, 0.717) is 11.8 Å². The van der Waals surface area contributed by atoms with E-state index in [4.69, 9.17) is 9.47 Å². The molecule has 0 aromatic heterocycles. The van der Waals surface area contributed by atoms with Crippen LogP contribution in [0, 0.1) is 11.8 Å². The molecule has 2 N–H and O–H groups in total. The van der Waals surface area contributed by atoms with E-state index >= 15 is 0 Å². The smallest absolute Gasteiger partial charge is 0.118 e. The van der Waals surface area contributed by atoms with Gasteiger partial charge in [-0.15, -0.1) is 0 Å². The van der Waals surface area contributed by atoms with Crippen LogP contribution in [0.5, 0.6) is 0 Å². The fourth-order valence-corrected chi connectivity index (χ4v) is 4.66. The van der Waals surface area contributed by atoms with Gasteiger partial charge in [0.1, 0.15) is 11.2 Å². The molecule has 6 unspecified atom stereocenters. The molecule has 18 heavy (non-hydrogen) atoms. The van der Waals surface area contributed by atoms with Gasteiger partial charge in [-0.05, 0) is 50.4 Å². The molecule has 0 bridgehead atoms. The number of epoxide rings is 2. The van der Waals surface area contributed by atoms with Gasteiger partial charge in [0.05, 0.1) is 25.4 Å². The van der Waals surface area contributed by atoms with Crippen molar-refractivity contribution < 1.29 is 19.7 Å². The van der Waals surface area contributed by atoms with Crippen molar-refractivity contribution in [2.24, 2.45) is 11.8 Å². The lowest BCUT2D eigenvalue weighted by atomic mass is 9.68. The Kier molecular flexibility index (Phi) is 2.39. The maximum Gasteiger partial charge on any atom is 0.118 e. The molecule has 2 heterocycles. The maximum atomic E-state index is 9.49. The van der Waals surface area contributed by atoms with Crippen molar-refractivity contribution in [3.05, 3.63) is 0 Å². The third-order valence-corrected chi connectivity index (χ3v) is 5.78. The quantitative estimate of drug-likeness (QED) is 0.733. The highest BCUT2D eigenvalue weighted by atomic mass is 16.6. The van der Waals surface area contributed by atoms with Crippen LogP contribution in [-0.4, -0.2) is 46.8 Å².